The average molecular weight is 358 g/mol. The molecule has 3 rings (SSSR count). The summed E-state index contributed by atoms with van der Waals surface area (Å²) >= 11 is 0. The van der Waals surface area contributed by atoms with E-state index in [2.05, 4.69) is 0 Å². The summed E-state index contributed by atoms with van der Waals surface area (Å²) in [6.07, 6.45) is 4.60. The highest BCUT2D eigenvalue weighted by Crippen LogP contribution is 2.24. The molecule has 26 heavy (non-hydrogen) atoms. The van der Waals surface area contributed by atoms with Gasteiger partial charge < -0.3 is 14.9 Å². The number of rotatable bonds is 6. The molecule has 1 unspecified atom stereocenters. The Labute approximate surface area is 153 Å². The second-order valence-corrected chi connectivity index (χ2v) is 7.27. The number of carbonyl (C=O) groups excluding carboxylic acids is 2. The Hall–Kier alpha value is -2.37. The molecule has 2 heterocycles. The highest BCUT2D eigenvalue weighted by molar-refractivity contribution is 5.95. The first kappa shape index (κ1) is 18.4. The smallest absolute Gasteiger partial charge is 0.303 e. The van der Waals surface area contributed by atoms with E-state index in [1.165, 1.54) is 0 Å². The quantitative estimate of drug-likeness (QED) is 0.847. The van der Waals surface area contributed by atoms with Gasteiger partial charge in [0.25, 0.3) is 0 Å². The number of piperidine rings is 1. The van der Waals surface area contributed by atoms with E-state index in [-0.39, 0.29) is 24.2 Å². The Bertz CT molecular complexity index is 671. The second-order valence-electron chi connectivity index (χ2n) is 7.27. The molecule has 2 aliphatic rings. The van der Waals surface area contributed by atoms with Crippen LogP contribution in [-0.2, 0) is 20.8 Å². The van der Waals surface area contributed by atoms with Gasteiger partial charge in [0.15, 0.2) is 0 Å². The first-order chi connectivity index (χ1) is 12.5. The van der Waals surface area contributed by atoms with Gasteiger partial charge in [-0.3, -0.25) is 14.4 Å². The summed E-state index contributed by atoms with van der Waals surface area (Å²) in [7, 11) is 0. The van der Waals surface area contributed by atoms with Gasteiger partial charge in [0.1, 0.15) is 0 Å². The molecule has 0 radical (unpaired) electrons. The highest BCUT2D eigenvalue weighted by Gasteiger charge is 2.24. The molecule has 140 valence electrons. The number of carboxylic acid groups (broad SMARTS) is 1. The topological polar surface area (TPSA) is 77.9 Å². The van der Waals surface area contributed by atoms with Crippen LogP contribution in [0.15, 0.2) is 24.3 Å². The molecular formula is C20H26N2O4. The van der Waals surface area contributed by atoms with Gasteiger partial charge in [0.05, 0.1) is 6.42 Å². The molecule has 0 aromatic heterocycles. The zero-order chi connectivity index (χ0) is 18.5. The summed E-state index contributed by atoms with van der Waals surface area (Å²) < 4.78 is 0. The van der Waals surface area contributed by atoms with Crippen LogP contribution in [0.1, 0.15) is 44.1 Å². The normalized spacial score (nSPS) is 20.5. The van der Waals surface area contributed by atoms with Crippen molar-refractivity contribution in [3.05, 3.63) is 29.8 Å². The molecule has 1 aromatic carbocycles. The van der Waals surface area contributed by atoms with Crippen molar-refractivity contribution in [2.24, 2.45) is 5.92 Å². The first-order valence-electron chi connectivity index (χ1n) is 9.42. The van der Waals surface area contributed by atoms with Crippen LogP contribution in [0.2, 0.25) is 0 Å². The van der Waals surface area contributed by atoms with E-state index in [1.54, 1.807) is 4.90 Å². The highest BCUT2D eigenvalue weighted by atomic mass is 16.4. The Morgan fingerprint density at radius 2 is 1.88 bits per heavy atom. The van der Waals surface area contributed by atoms with Crippen LogP contribution in [0, 0.1) is 5.92 Å². The van der Waals surface area contributed by atoms with Gasteiger partial charge in [-0.05, 0) is 49.3 Å². The summed E-state index contributed by atoms with van der Waals surface area (Å²) in [5.41, 5.74) is 1.84. The maximum atomic E-state index is 12.6. The van der Waals surface area contributed by atoms with Crippen LogP contribution >= 0.6 is 0 Å². The van der Waals surface area contributed by atoms with Gasteiger partial charge in [-0.25, -0.2) is 0 Å². The largest absolute Gasteiger partial charge is 0.481 e. The minimum atomic E-state index is -0.773. The van der Waals surface area contributed by atoms with Crippen molar-refractivity contribution in [3.8, 4) is 0 Å². The van der Waals surface area contributed by atoms with Crippen molar-refractivity contribution < 1.29 is 19.5 Å². The molecule has 2 saturated heterocycles. The molecule has 1 atom stereocenters. The number of benzene rings is 1. The average Bonchev–Trinajstić information content (AvgIpc) is 3.07. The number of aliphatic carboxylic acids is 1. The summed E-state index contributed by atoms with van der Waals surface area (Å²) in [6, 6.07) is 7.67. The standard InChI is InChI=1S/C20H26N2O4/c23-18-4-2-12-22(18)17-8-5-15(6-9-17)13-19(24)21-11-1-3-16(14-21)7-10-20(25)26/h5-6,8-9,16H,1-4,7,10-14H2,(H,25,26). The molecule has 6 nitrogen and oxygen atoms in total. The molecule has 6 heteroatoms. The van der Waals surface area contributed by atoms with Crippen molar-refractivity contribution in [1.29, 1.82) is 0 Å². The van der Waals surface area contributed by atoms with E-state index in [1.807, 2.05) is 29.2 Å². The van der Waals surface area contributed by atoms with E-state index in [4.69, 9.17) is 5.11 Å². The van der Waals surface area contributed by atoms with E-state index in [0.29, 0.717) is 25.8 Å². The molecule has 2 amide bonds. The summed E-state index contributed by atoms with van der Waals surface area (Å²) in [4.78, 5) is 38.8. The van der Waals surface area contributed by atoms with Crippen LogP contribution in [0.3, 0.4) is 0 Å². The van der Waals surface area contributed by atoms with Gasteiger partial charge >= 0.3 is 5.97 Å². The predicted octanol–water partition coefficient (Wildman–Crippen LogP) is 2.46. The number of likely N-dealkylation sites (tertiary alicyclic amines) is 1. The van der Waals surface area contributed by atoms with Crippen molar-refractivity contribution >= 4 is 23.5 Å². The van der Waals surface area contributed by atoms with E-state index in [0.717, 1.165) is 43.6 Å². The molecular weight excluding hydrogens is 332 g/mol. The molecule has 1 N–H and O–H groups in total. The predicted molar refractivity (Wildman–Crippen MR) is 97.9 cm³/mol. The summed E-state index contributed by atoms with van der Waals surface area (Å²) in [5.74, 6) is -0.234. The fourth-order valence-corrected chi connectivity index (χ4v) is 3.86. The third-order valence-corrected chi connectivity index (χ3v) is 5.31. The molecule has 0 saturated carbocycles. The molecule has 2 fully saturated rings. The van der Waals surface area contributed by atoms with Gasteiger partial charge in [0, 0.05) is 38.2 Å². The van der Waals surface area contributed by atoms with Crippen LogP contribution in [0.5, 0.6) is 0 Å². The lowest BCUT2D eigenvalue weighted by molar-refractivity contribution is -0.137. The molecule has 0 spiro atoms. The monoisotopic (exact) mass is 358 g/mol. The van der Waals surface area contributed by atoms with Crippen molar-refractivity contribution in [1.82, 2.24) is 4.90 Å². The number of carboxylic acids is 1. The Morgan fingerprint density at radius 3 is 2.54 bits per heavy atom. The zero-order valence-corrected chi connectivity index (χ0v) is 15.0. The number of nitrogens with zero attached hydrogens (tertiary/aromatic N) is 2. The minimum absolute atomic E-state index is 0.0926. The van der Waals surface area contributed by atoms with Gasteiger partial charge in [-0.1, -0.05) is 12.1 Å². The number of hydrogen-bond acceptors (Lipinski definition) is 3. The van der Waals surface area contributed by atoms with Gasteiger partial charge in [-0.15, -0.1) is 0 Å². The SMILES string of the molecule is O=C(O)CCC1CCCN(C(=O)Cc2ccc(N3CCCC3=O)cc2)C1. The van der Waals surface area contributed by atoms with E-state index in [9.17, 15) is 14.4 Å². The van der Waals surface area contributed by atoms with Crippen molar-refractivity contribution in [2.45, 2.75) is 44.9 Å². The van der Waals surface area contributed by atoms with Crippen LogP contribution in [-0.4, -0.2) is 47.4 Å². The third kappa shape index (κ3) is 4.62. The lowest BCUT2D eigenvalue weighted by atomic mass is 9.93. The van der Waals surface area contributed by atoms with E-state index < -0.39 is 5.97 Å². The number of carbonyl (C=O) groups is 3. The maximum Gasteiger partial charge on any atom is 0.303 e. The number of anilines is 1. The van der Waals surface area contributed by atoms with E-state index >= 15 is 0 Å². The van der Waals surface area contributed by atoms with Crippen LogP contribution in [0.4, 0.5) is 5.69 Å². The fraction of sp³-hybridized carbons (Fsp3) is 0.550. The van der Waals surface area contributed by atoms with Crippen LogP contribution in [0.25, 0.3) is 0 Å². The fourth-order valence-electron chi connectivity index (χ4n) is 3.86. The van der Waals surface area contributed by atoms with Crippen LogP contribution < -0.4 is 4.90 Å². The molecule has 0 aliphatic carbocycles. The lowest BCUT2D eigenvalue weighted by Gasteiger charge is -2.32. The third-order valence-electron chi connectivity index (χ3n) is 5.31. The first-order valence-corrected chi connectivity index (χ1v) is 9.42. The summed E-state index contributed by atoms with van der Waals surface area (Å²) in [5, 5.41) is 8.83. The Kier molecular flexibility index (Phi) is 5.91. The van der Waals surface area contributed by atoms with Gasteiger partial charge in [-0.2, -0.15) is 0 Å². The Balaban J connectivity index is 1.54. The lowest BCUT2D eigenvalue weighted by Crippen LogP contribution is -2.40. The zero-order valence-electron chi connectivity index (χ0n) is 15.0. The van der Waals surface area contributed by atoms with Crippen molar-refractivity contribution in [2.75, 3.05) is 24.5 Å². The minimum Gasteiger partial charge on any atom is -0.481 e. The van der Waals surface area contributed by atoms with Crippen molar-refractivity contribution in [3.63, 3.8) is 0 Å². The Morgan fingerprint density at radius 1 is 1.12 bits per heavy atom. The number of amides is 2. The molecule has 0 bridgehead atoms. The number of hydrogen-bond donors (Lipinski definition) is 1. The summed E-state index contributed by atoms with van der Waals surface area (Å²) in [6.45, 7) is 2.18. The van der Waals surface area contributed by atoms with Gasteiger partial charge in [0.2, 0.25) is 11.8 Å². The maximum absolute atomic E-state index is 12.6. The second kappa shape index (κ2) is 8.34. The molecule has 1 aromatic rings. The molecule has 2 aliphatic heterocycles.